The zero-order valence-corrected chi connectivity index (χ0v) is 23.5. The van der Waals surface area contributed by atoms with E-state index in [1.807, 2.05) is 36.5 Å². The number of nitrogens with zero attached hydrogens (tertiary/aromatic N) is 1. The van der Waals surface area contributed by atoms with Gasteiger partial charge in [-0.05, 0) is 76.9 Å². The van der Waals surface area contributed by atoms with Gasteiger partial charge < -0.3 is 14.8 Å². The number of rotatable bonds is 10. The van der Waals surface area contributed by atoms with E-state index >= 15 is 0 Å². The third kappa shape index (κ3) is 6.16. The molecule has 1 aliphatic heterocycles. The molecule has 0 aromatic heterocycles. The number of amides is 1. The Labute approximate surface area is 240 Å². The first-order chi connectivity index (χ1) is 19.5. The van der Waals surface area contributed by atoms with Gasteiger partial charge in [0, 0.05) is 23.7 Å². The van der Waals surface area contributed by atoms with E-state index in [1.54, 1.807) is 26.4 Å². The number of hydrogen-bond donors (Lipinski definition) is 2. The van der Waals surface area contributed by atoms with Crippen molar-refractivity contribution in [3.05, 3.63) is 100 Å². The topological polar surface area (TPSA) is 81.2 Å². The van der Waals surface area contributed by atoms with Crippen LogP contribution < -0.4 is 20.3 Å². The second-order valence-electron chi connectivity index (χ2n) is 10.1. The zero-order valence-electron chi connectivity index (χ0n) is 22.8. The number of carbonyl (C=O) groups is 1. The molecule has 2 aliphatic rings. The molecule has 40 heavy (non-hydrogen) atoms. The van der Waals surface area contributed by atoms with Crippen LogP contribution >= 0.6 is 11.6 Å². The molecule has 1 saturated carbocycles. The fourth-order valence-electron chi connectivity index (χ4n) is 5.69. The SMILES string of the molecule is C=C(NOCC(=O)NCc1ccc(Cl)cc1)c1cccc(C2CCC[C@H]3N=Cc4cc(OC)c(OC)cc4[C@@H]23)c1. The summed E-state index contributed by atoms with van der Waals surface area (Å²) in [5, 5.41) is 3.49. The number of halogens is 1. The predicted octanol–water partition coefficient (Wildman–Crippen LogP) is 6.02. The standard InChI is InChI=1S/C32H34ClN3O4/c1-20(36-40-19-31(37)35-17-21-10-12-25(33)13-11-21)22-6-4-7-23(14-22)26-8-5-9-28-32(26)27-16-30(39-3)29(38-2)15-24(27)18-34-28/h4,6-7,10-16,18,26,28,32,36H,1,5,8-9,17,19H2,2-3H3,(H,35,37)/t26?,28-,32-/m1/s1. The van der Waals surface area contributed by atoms with Crippen molar-refractivity contribution in [2.24, 2.45) is 4.99 Å². The number of methoxy groups -OCH3 is 2. The molecule has 5 rings (SSSR count). The summed E-state index contributed by atoms with van der Waals surface area (Å²) in [4.78, 5) is 22.6. The van der Waals surface area contributed by atoms with Gasteiger partial charge in [-0.25, -0.2) is 0 Å². The van der Waals surface area contributed by atoms with E-state index in [9.17, 15) is 4.79 Å². The minimum Gasteiger partial charge on any atom is -0.493 e. The largest absolute Gasteiger partial charge is 0.493 e. The second-order valence-corrected chi connectivity index (χ2v) is 10.6. The van der Waals surface area contributed by atoms with Crippen molar-refractivity contribution in [1.29, 1.82) is 0 Å². The molecule has 7 nitrogen and oxygen atoms in total. The average molecular weight is 560 g/mol. The Morgan fingerprint density at radius 1 is 1.05 bits per heavy atom. The number of hydrogen-bond acceptors (Lipinski definition) is 6. The molecule has 3 atom stereocenters. The molecular formula is C32H34ClN3O4. The van der Waals surface area contributed by atoms with E-state index in [1.165, 1.54) is 11.1 Å². The molecule has 3 aromatic rings. The lowest BCUT2D eigenvalue weighted by Crippen LogP contribution is -2.31. The highest BCUT2D eigenvalue weighted by Gasteiger charge is 2.38. The normalized spacial score (nSPS) is 19.2. The van der Waals surface area contributed by atoms with Crippen molar-refractivity contribution in [3.63, 3.8) is 0 Å². The van der Waals surface area contributed by atoms with Crippen LogP contribution in [0.2, 0.25) is 5.02 Å². The summed E-state index contributed by atoms with van der Waals surface area (Å²) in [6.07, 6.45) is 5.22. The molecule has 1 aliphatic carbocycles. The lowest BCUT2D eigenvalue weighted by atomic mass is 9.67. The van der Waals surface area contributed by atoms with Crippen LogP contribution in [0.3, 0.4) is 0 Å². The van der Waals surface area contributed by atoms with Crippen molar-refractivity contribution in [2.75, 3.05) is 20.8 Å². The van der Waals surface area contributed by atoms with Gasteiger partial charge in [-0.2, -0.15) is 0 Å². The van der Waals surface area contributed by atoms with Gasteiger partial charge in [-0.3, -0.25) is 20.1 Å². The summed E-state index contributed by atoms with van der Waals surface area (Å²) >= 11 is 5.91. The summed E-state index contributed by atoms with van der Waals surface area (Å²) in [6.45, 7) is 4.40. The first-order valence-electron chi connectivity index (χ1n) is 13.4. The van der Waals surface area contributed by atoms with E-state index in [0.717, 1.165) is 41.7 Å². The van der Waals surface area contributed by atoms with Gasteiger partial charge in [0.15, 0.2) is 18.1 Å². The van der Waals surface area contributed by atoms with Gasteiger partial charge in [0.1, 0.15) is 0 Å². The number of fused-ring (bicyclic) bond motifs is 3. The monoisotopic (exact) mass is 559 g/mol. The lowest BCUT2D eigenvalue weighted by Gasteiger charge is -2.40. The Kier molecular flexibility index (Phi) is 8.72. The predicted molar refractivity (Wildman–Crippen MR) is 158 cm³/mol. The van der Waals surface area contributed by atoms with E-state index < -0.39 is 0 Å². The molecule has 1 fully saturated rings. The van der Waals surface area contributed by atoms with Gasteiger partial charge in [0.2, 0.25) is 5.91 Å². The van der Waals surface area contributed by atoms with E-state index in [4.69, 9.17) is 30.9 Å². The molecule has 3 aromatic carbocycles. The third-order valence-corrected chi connectivity index (χ3v) is 7.93. The molecule has 0 saturated heterocycles. The third-order valence-electron chi connectivity index (χ3n) is 7.68. The van der Waals surface area contributed by atoms with Crippen LogP contribution in [-0.4, -0.2) is 39.0 Å². The van der Waals surface area contributed by atoms with Crippen LogP contribution in [-0.2, 0) is 16.2 Å². The number of benzene rings is 3. The van der Waals surface area contributed by atoms with Gasteiger partial charge in [-0.15, -0.1) is 0 Å². The van der Waals surface area contributed by atoms with Crippen molar-refractivity contribution in [2.45, 2.75) is 43.7 Å². The number of hydroxylamine groups is 1. The molecule has 0 spiro atoms. The highest BCUT2D eigenvalue weighted by Crippen LogP contribution is 2.49. The van der Waals surface area contributed by atoms with Crippen LogP contribution in [0.1, 0.15) is 58.9 Å². The Hall–Kier alpha value is -3.81. The molecule has 1 amide bonds. The van der Waals surface area contributed by atoms with Crippen molar-refractivity contribution >= 4 is 29.4 Å². The summed E-state index contributed by atoms with van der Waals surface area (Å²) in [7, 11) is 3.32. The van der Waals surface area contributed by atoms with Crippen molar-refractivity contribution in [3.8, 4) is 11.5 Å². The maximum Gasteiger partial charge on any atom is 0.249 e. The van der Waals surface area contributed by atoms with Gasteiger partial charge in [-0.1, -0.05) is 54.9 Å². The maximum atomic E-state index is 12.2. The number of ether oxygens (including phenoxy) is 2. The average Bonchev–Trinajstić information content (AvgIpc) is 2.99. The van der Waals surface area contributed by atoms with Gasteiger partial charge in [0.05, 0.1) is 26.0 Å². The van der Waals surface area contributed by atoms with Crippen LogP contribution in [0.4, 0.5) is 0 Å². The molecule has 1 heterocycles. The van der Waals surface area contributed by atoms with E-state index in [-0.39, 0.29) is 24.5 Å². The van der Waals surface area contributed by atoms with Crippen molar-refractivity contribution < 1.29 is 19.1 Å². The summed E-state index contributed by atoms with van der Waals surface area (Å²) in [5.41, 5.74) is 8.86. The smallest absolute Gasteiger partial charge is 0.249 e. The molecular weight excluding hydrogens is 526 g/mol. The summed E-state index contributed by atoms with van der Waals surface area (Å²) < 4.78 is 11.2. The first kappa shape index (κ1) is 27.7. The summed E-state index contributed by atoms with van der Waals surface area (Å²) in [5.74, 6) is 1.74. The molecule has 0 bridgehead atoms. The summed E-state index contributed by atoms with van der Waals surface area (Å²) in [6, 6.07) is 20.1. The highest BCUT2D eigenvalue weighted by atomic mass is 35.5. The molecule has 1 unspecified atom stereocenters. The fraction of sp³-hybridized carbons (Fsp3) is 0.312. The molecule has 2 N–H and O–H groups in total. The van der Waals surface area contributed by atoms with Gasteiger partial charge in [0.25, 0.3) is 0 Å². The Morgan fingerprint density at radius 3 is 2.60 bits per heavy atom. The zero-order chi connectivity index (χ0) is 28.1. The minimum atomic E-state index is -0.235. The fourth-order valence-corrected chi connectivity index (χ4v) is 5.81. The number of aliphatic imine (C=N–C) groups is 1. The van der Waals surface area contributed by atoms with Crippen LogP contribution in [0.25, 0.3) is 5.70 Å². The van der Waals surface area contributed by atoms with Crippen LogP contribution in [0.5, 0.6) is 11.5 Å². The second kappa shape index (κ2) is 12.6. The van der Waals surface area contributed by atoms with Crippen molar-refractivity contribution in [1.82, 2.24) is 10.8 Å². The number of nitrogens with one attached hydrogen (secondary N) is 2. The van der Waals surface area contributed by atoms with Crippen LogP contribution in [0.15, 0.2) is 72.2 Å². The van der Waals surface area contributed by atoms with Gasteiger partial charge >= 0.3 is 0 Å². The Morgan fingerprint density at radius 2 is 1.82 bits per heavy atom. The van der Waals surface area contributed by atoms with Crippen LogP contribution in [0, 0.1) is 0 Å². The highest BCUT2D eigenvalue weighted by molar-refractivity contribution is 6.30. The minimum absolute atomic E-state index is 0.140. The Balaban J connectivity index is 1.24. The number of carbonyl (C=O) groups excluding carboxylic acids is 1. The quantitative estimate of drug-likeness (QED) is 0.297. The van der Waals surface area contributed by atoms with E-state index in [2.05, 4.69) is 35.6 Å². The maximum absolute atomic E-state index is 12.2. The Bertz CT molecular complexity index is 1410. The molecule has 0 radical (unpaired) electrons. The molecule has 208 valence electrons. The lowest BCUT2D eigenvalue weighted by molar-refractivity contribution is -0.127. The molecule has 8 heteroatoms. The van der Waals surface area contributed by atoms with E-state index in [0.29, 0.717) is 28.9 Å². The first-order valence-corrected chi connectivity index (χ1v) is 13.8.